The zero-order valence-corrected chi connectivity index (χ0v) is 19.7. The Morgan fingerprint density at radius 1 is 0.914 bits per heavy atom. The summed E-state index contributed by atoms with van der Waals surface area (Å²) in [5.41, 5.74) is 3.62. The van der Waals surface area contributed by atoms with Gasteiger partial charge in [0.25, 0.3) is 0 Å². The number of anilines is 1. The molecule has 35 heavy (non-hydrogen) atoms. The van der Waals surface area contributed by atoms with Gasteiger partial charge in [0.1, 0.15) is 12.4 Å². The van der Waals surface area contributed by atoms with Gasteiger partial charge in [0, 0.05) is 12.2 Å². The van der Waals surface area contributed by atoms with Gasteiger partial charge in [-0.2, -0.15) is 0 Å². The van der Waals surface area contributed by atoms with E-state index in [1.165, 1.54) is 43.2 Å². The summed E-state index contributed by atoms with van der Waals surface area (Å²) in [6, 6.07) is 16.9. The van der Waals surface area contributed by atoms with Gasteiger partial charge in [-0.15, -0.1) is 0 Å². The maximum atomic E-state index is 9.10. The number of ether oxygens (including phenoxy) is 2. The molecule has 9 nitrogen and oxygen atoms in total. The SMILES string of the molecule is O=C(O)C(=O)O.c1cc(NC2=NCCN2)ccc1Cc1ccc(OCCOC2CCCCC2)cc1. The van der Waals surface area contributed by atoms with Crippen LogP contribution in [-0.4, -0.2) is 60.5 Å². The van der Waals surface area contributed by atoms with Crippen molar-refractivity contribution >= 4 is 23.6 Å². The lowest BCUT2D eigenvalue weighted by Gasteiger charge is -2.21. The molecule has 0 amide bonds. The minimum Gasteiger partial charge on any atom is -0.491 e. The Morgan fingerprint density at radius 2 is 1.54 bits per heavy atom. The molecule has 1 heterocycles. The average Bonchev–Trinajstić information content (AvgIpc) is 3.38. The molecule has 0 atom stereocenters. The minimum atomic E-state index is -1.82. The molecule has 1 aliphatic heterocycles. The summed E-state index contributed by atoms with van der Waals surface area (Å²) >= 11 is 0. The van der Waals surface area contributed by atoms with E-state index in [2.05, 4.69) is 64.2 Å². The maximum absolute atomic E-state index is 9.10. The molecule has 4 N–H and O–H groups in total. The molecule has 1 aliphatic carbocycles. The van der Waals surface area contributed by atoms with Crippen LogP contribution in [0.2, 0.25) is 0 Å². The molecule has 4 rings (SSSR count). The van der Waals surface area contributed by atoms with Crippen LogP contribution in [0.5, 0.6) is 5.75 Å². The zero-order chi connectivity index (χ0) is 24.9. The highest BCUT2D eigenvalue weighted by Crippen LogP contribution is 2.20. The van der Waals surface area contributed by atoms with Gasteiger partial charge in [-0.25, -0.2) is 9.59 Å². The highest BCUT2D eigenvalue weighted by molar-refractivity contribution is 6.27. The fraction of sp³-hybridized carbons (Fsp3) is 0.423. The van der Waals surface area contributed by atoms with Crippen LogP contribution in [0.1, 0.15) is 43.2 Å². The van der Waals surface area contributed by atoms with Crippen LogP contribution < -0.4 is 15.4 Å². The average molecular weight is 484 g/mol. The summed E-state index contributed by atoms with van der Waals surface area (Å²) in [6.45, 7) is 3.04. The molecular formula is C26H33N3O6. The zero-order valence-electron chi connectivity index (χ0n) is 19.7. The Balaban J connectivity index is 0.000000509. The van der Waals surface area contributed by atoms with Crippen LogP contribution in [-0.2, 0) is 20.7 Å². The third-order valence-corrected chi connectivity index (χ3v) is 5.66. The van der Waals surface area contributed by atoms with Crippen molar-refractivity contribution in [3.8, 4) is 5.75 Å². The maximum Gasteiger partial charge on any atom is 0.414 e. The van der Waals surface area contributed by atoms with Crippen LogP contribution in [0, 0.1) is 0 Å². The second kappa shape index (κ2) is 14.0. The summed E-state index contributed by atoms with van der Waals surface area (Å²) in [4.78, 5) is 22.6. The van der Waals surface area contributed by atoms with Crippen molar-refractivity contribution in [3.63, 3.8) is 0 Å². The Kier molecular flexibility index (Phi) is 10.4. The van der Waals surface area contributed by atoms with Crippen molar-refractivity contribution < 1.29 is 29.3 Å². The standard InChI is InChI=1S/C24H31N3O2.C2H2O4/c1-2-4-22(5-3-1)28-16-17-29-23-12-8-20(9-13-23)18-19-6-10-21(11-7-19)27-24-25-14-15-26-24;3-1(4)2(5)6/h6-13,22H,1-5,14-18H2,(H2,25,26,27);(H,3,4)(H,5,6). The normalized spacial score (nSPS) is 15.3. The van der Waals surface area contributed by atoms with Crippen molar-refractivity contribution in [2.45, 2.75) is 44.6 Å². The number of carboxylic acid groups (broad SMARTS) is 2. The predicted molar refractivity (Wildman–Crippen MR) is 133 cm³/mol. The number of carboxylic acids is 2. The van der Waals surface area contributed by atoms with Gasteiger partial charge in [0.15, 0.2) is 5.96 Å². The number of benzene rings is 2. The lowest BCUT2D eigenvalue weighted by Crippen LogP contribution is -2.26. The number of guanidine groups is 1. The lowest BCUT2D eigenvalue weighted by molar-refractivity contribution is -0.159. The monoisotopic (exact) mass is 483 g/mol. The molecule has 0 radical (unpaired) electrons. The van der Waals surface area contributed by atoms with E-state index in [1.807, 2.05) is 0 Å². The fourth-order valence-electron chi connectivity index (χ4n) is 3.87. The molecule has 188 valence electrons. The van der Waals surface area contributed by atoms with Crippen LogP contribution in [0.15, 0.2) is 53.5 Å². The van der Waals surface area contributed by atoms with E-state index in [4.69, 9.17) is 29.3 Å². The van der Waals surface area contributed by atoms with Crippen molar-refractivity contribution in [2.75, 3.05) is 31.6 Å². The number of aliphatic carboxylic acids is 2. The highest BCUT2D eigenvalue weighted by Gasteiger charge is 2.13. The summed E-state index contributed by atoms with van der Waals surface area (Å²) in [5.74, 6) is -1.88. The molecule has 0 spiro atoms. The summed E-state index contributed by atoms with van der Waals surface area (Å²) in [5, 5.41) is 21.3. The number of rotatable bonds is 8. The van der Waals surface area contributed by atoms with Crippen molar-refractivity contribution in [1.82, 2.24) is 5.32 Å². The molecule has 0 unspecified atom stereocenters. The van der Waals surface area contributed by atoms with Crippen LogP contribution in [0.3, 0.4) is 0 Å². The molecular weight excluding hydrogens is 450 g/mol. The number of nitrogens with zero attached hydrogens (tertiary/aromatic N) is 1. The van der Waals surface area contributed by atoms with Gasteiger partial charge >= 0.3 is 11.9 Å². The number of nitrogens with one attached hydrogen (secondary N) is 2. The van der Waals surface area contributed by atoms with E-state index < -0.39 is 11.9 Å². The van der Waals surface area contributed by atoms with E-state index >= 15 is 0 Å². The Bertz CT molecular complexity index is 958. The van der Waals surface area contributed by atoms with Gasteiger partial charge in [-0.05, 0) is 54.7 Å². The van der Waals surface area contributed by atoms with Gasteiger partial charge in [-0.3, -0.25) is 4.99 Å². The van der Waals surface area contributed by atoms with Crippen LogP contribution >= 0.6 is 0 Å². The van der Waals surface area contributed by atoms with Gasteiger partial charge in [-0.1, -0.05) is 43.5 Å². The molecule has 0 bridgehead atoms. The van der Waals surface area contributed by atoms with Crippen LogP contribution in [0.4, 0.5) is 5.69 Å². The molecule has 0 saturated heterocycles. The van der Waals surface area contributed by atoms with Gasteiger partial charge < -0.3 is 30.3 Å². The summed E-state index contributed by atoms with van der Waals surface area (Å²) in [7, 11) is 0. The van der Waals surface area contributed by atoms with E-state index in [0.717, 1.165) is 36.9 Å². The molecule has 2 aliphatic rings. The quantitative estimate of drug-likeness (QED) is 0.331. The van der Waals surface area contributed by atoms with Gasteiger partial charge in [0.2, 0.25) is 0 Å². The fourth-order valence-corrected chi connectivity index (χ4v) is 3.87. The van der Waals surface area contributed by atoms with E-state index in [9.17, 15) is 0 Å². The Morgan fingerprint density at radius 3 is 2.11 bits per heavy atom. The first-order valence-corrected chi connectivity index (χ1v) is 11.9. The van der Waals surface area contributed by atoms with Crippen molar-refractivity contribution in [3.05, 3.63) is 59.7 Å². The lowest BCUT2D eigenvalue weighted by atomic mass is 9.98. The third kappa shape index (κ3) is 9.66. The smallest absolute Gasteiger partial charge is 0.414 e. The largest absolute Gasteiger partial charge is 0.491 e. The number of carbonyl (C=O) groups is 2. The molecule has 9 heteroatoms. The first-order chi connectivity index (χ1) is 17.0. The first-order valence-electron chi connectivity index (χ1n) is 11.9. The molecule has 2 aromatic carbocycles. The number of hydrogen-bond donors (Lipinski definition) is 4. The Hall–Kier alpha value is -3.59. The van der Waals surface area contributed by atoms with Crippen molar-refractivity contribution in [2.24, 2.45) is 4.99 Å². The number of aliphatic imine (C=N–C) groups is 1. The third-order valence-electron chi connectivity index (χ3n) is 5.66. The second-order valence-electron chi connectivity index (χ2n) is 8.39. The van der Waals surface area contributed by atoms with E-state index in [1.54, 1.807) is 0 Å². The topological polar surface area (TPSA) is 129 Å². The highest BCUT2D eigenvalue weighted by atomic mass is 16.5. The van der Waals surface area contributed by atoms with Crippen molar-refractivity contribution in [1.29, 1.82) is 0 Å². The summed E-state index contributed by atoms with van der Waals surface area (Å²) in [6.07, 6.45) is 7.73. The summed E-state index contributed by atoms with van der Waals surface area (Å²) < 4.78 is 11.7. The van der Waals surface area contributed by atoms with E-state index in [0.29, 0.717) is 19.3 Å². The Labute approximate surface area is 205 Å². The molecule has 0 aromatic heterocycles. The molecule has 1 saturated carbocycles. The number of hydrogen-bond acceptors (Lipinski definition) is 7. The van der Waals surface area contributed by atoms with Gasteiger partial charge in [0.05, 0.1) is 19.3 Å². The van der Waals surface area contributed by atoms with E-state index in [-0.39, 0.29) is 0 Å². The second-order valence-corrected chi connectivity index (χ2v) is 8.39. The predicted octanol–water partition coefficient (Wildman–Crippen LogP) is 3.53. The molecule has 2 aromatic rings. The molecule has 1 fully saturated rings. The minimum absolute atomic E-state index is 0.443. The first kappa shape index (κ1) is 26.0. The van der Waals surface area contributed by atoms with Crippen LogP contribution in [0.25, 0.3) is 0 Å².